The summed E-state index contributed by atoms with van der Waals surface area (Å²) in [5.41, 5.74) is 2.27. The molecule has 19 heavy (non-hydrogen) atoms. The van der Waals surface area contributed by atoms with Gasteiger partial charge in [-0.1, -0.05) is 0 Å². The lowest BCUT2D eigenvalue weighted by atomic mass is 10.1. The van der Waals surface area contributed by atoms with E-state index in [4.69, 9.17) is 0 Å². The molecule has 102 valence electrons. The van der Waals surface area contributed by atoms with E-state index < -0.39 is 0 Å². The fraction of sp³-hybridized carbons (Fsp3) is 0.615. The van der Waals surface area contributed by atoms with Gasteiger partial charge in [-0.2, -0.15) is 0 Å². The van der Waals surface area contributed by atoms with Crippen molar-refractivity contribution in [1.29, 1.82) is 0 Å². The number of fused-ring (bicyclic) bond motifs is 1. The van der Waals surface area contributed by atoms with Crippen molar-refractivity contribution in [3.63, 3.8) is 0 Å². The van der Waals surface area contributed by atoms with Gasteiger partial charge in [-0.25, -0.2) is 9.97 Å². The van der Waals surface area contributed by atoms with Crippen LogP contribution in [0.2, 0.25) is 0 Å². The standard InChI is InChI=1S/C13H19N5O/c1-14-13(19)11-3-2-6-18(11)12-9-7-15-5-4-10(9)16-8-17-12/h8,11,15H,2-7H2,1H3,(H,14,19). The van der Waals surface area contributed by atoms with E-state index in [2.05, 4.69) is 25.5 Å². The van der Waals surface area contributed by atoms with Crippen LogP contribution in [0.5, 0.6) is 0 Å². The Morgan fingerprint density at radius 3 is 3.26 bits per heavy atom. The van der Waals surface area contributed by atoms with Gasteiger partial charge in [0.2, 0.25) is 5.91 Å². The van der Waals surface area contributed by atoms with Crippen LogP contribution < -0.4 is 15.5 Å². The number of amides is 1. The summed E-state index contributed by atoms with van der Waals surface area (Å²) in [6, 6.07) is -0.0917. The summed E-state index contributed by atoms with van der Waals surface area (Å²) in [5.74, 6) is 1.01. The molecule has 6 heteroatoms. The highest BCUT2D eigenvalue weighted by Gasteiger charge is 2.33. The number of hydrogen-bond acceptors (Lipinski definition) is 5. The van der Waals surface area contributed by atoms with Crippen LogP contribution in [0, 0.1) is 0 Å². The van der Waals surface area contributed by atoms with Gasteiger partial charge in [0, 0.05) is 38.7 Å². The molecule has 0 aliphatic carbocycles. The van der Waals surface area contributed by atoms with Crippen LogP contribution >= 0.6 is 0 Å². The number of rotatable bonds is 2. The zero-order valence-corrected chi connectivity index (χ0v) is 11.1. The van der Waals surface area contributed by atoms with E-state index in [1.165, 1.54) is 0 Å². The summed E-state index contributed by atoms with van der Waals surface area (Å²) in [5, 5.41) is 6.10. The number of carbonyl (C=O) groups is 1. The van der Waals surface area contributed by atoms with Crippen LogP contribution in [0.1, 0.15) is 24.1 Å². The van der Waals surface area contributed by atoms with Crippen LogP contribution in [0.4, 0.5) is 5.82 Å². The van der Waals surface area contributed by atoms with Gasteiger partial charge in [0.1, 0.15) is 18.2 Å². The molecule has 3 heterocycles. The summed E-state index contributed by atoms with van der Waals surface area (Å²) in [7, 11) is 1.69. The zero-order chi connectivity index (χ0) is 13.2. The smallest absolute Gasteiger partial charge is 0.242 e. The van der Waals surface area contributed by atoms with E-state index in [-0.39, 0.29) is 11.9 Å². The Morgan fingerprint density at radius 1 is 1.53 bits per heavy atom. The van der Waals surface area contributed by atoms with Crippen molar-refractivity contribution in [1.82, 2.24) is 20.6 Å². The van der Waals surface area contributed by atoms with Gasteiger partial charge in [0.25, 0.3) is 0 Å². The molecule has 0 bridgehead atoms. The lowest BCUT2D eigenvalue weighted by Gasteiger charge is -2.28. The second kappa shape index (κ2) is 5.13. The minimum atomic E-state index is -0.0917. The molecule has 0 saturated carbocycles. The molecular formula is C13H19N5O. The van der Waals surface area contributed by atoms with Crippen molar-refractivity contribution >= 4 is 11.7 Å². The molecule has 6 nitrogen and oxygen atoms in total. The maximum Gasteiger partial charge on any atom is 0.242 e. The highest BCUT2D eigenvalue weighted by molar-refractivity contribution is 5.85. The Labute approximate surface area is 112 Å². The monoisotopic (exact) mass is 261 g/mol. The Bertz CT molecular complexity index is 490. The quantitative estimate of drug-likeness (QED) is 0.774. The van der Waals surface area contributed by atoms with Gasteiger partial charge in [0.15, 0.2) is 0 Å². The largest absolute Gasteiger partial charge is 0.357 e. The number of nitrogens with zero attached hydrogens (tertiary/aromatic N) is 3. The predicted octanol–water partition coefficient (Wildman–Crippen LogP) is -0.163. The zero-order valence-electron chi connectivity index (χ0n) is 11.1. The van der Waals surface area contributed by atoms with Gasteiger partial charge in [-0.15, -0.1) is 0 Å². The number of nitrogens with one attached hydrogen (secondary N) is 2. The van der Waals surface area contributed by atoms with Gasteiger partial charge in [-0.05, 0) is 12.8 Å². The predicted molar refractivity (Wildman–Crippen MR) is 71.9 cm³/mol. The molecule has 1 saturated heterocycles. The molecule has 1 amide bonds. The molecule has 0 aromatic carbocycles. The molecule has 1 aromatic heterocycles. The van der Waals surface area contributed by atoms with Gasteiger partial charge in [-0.3, -0.25) is 4.79 Å². The van der Waals surface area contributed by atoms with Gasteiger partial charge in [0.05, 0.1) is 5.69 Å². The average molecular weight is 261 g/mol. The first-order valence-electron chi connectivity index (χ1n) is 6.83. The van der Waals surface area contributed by atoms with Crippen LogP contribution in [-0.4, -0.2) is 42.1 Å². The van der Waals surface area contributed by atoms with Crippen molar-refractivity contribution < 1.29 is 4.79 Å². The highest BCUT2D eigenvalue weighted by Crippen LogP contribution is 2.29. The van der Waals surface area contributed by atoms with E-state index in [1.807, 2.05) is 0 Å². The molecule has 3 rings (SSSR count). The van der Waals surface area contributed by atoms with E-state index in [0.29, 0.717) is 0 Å². The molecular weight excluding hydrogens is 242 g/mol. The molecule has 0 spiro atoms. The van der Waals surface area contributed by atoms with E-state index in [9.17, 15) is 4.79 Å². The van der Waals surface area contributed by atoms with E-state index in [1.54, 1.807) is 13.4 Å². The summed E-state index contributed by atoms with van der Waals surface area (Å²) in [6.45, 7) is 2.65. The van der Waals surface area contributed by atoms with Crippen molar-refractivity contribution in [2.45, 2.75) is 31.8 Å². The fourth-order valence-corrected chi connectivity index (χ4v) is 2.96. The number of aromatic nitrogens is 2. The van der Waals surface area contributed by atoms with Crippen LogP contribution in [0.3, 0.4) is 0 Å². The van der Waals surface area contributed by atoms with Crippen LogP contribution in [-0.2, 0) is 17.8 Å². The third kappa shape index (κ3) is 2.16. The maximum absolute atomic E-state index is 12.0. The summed E-state index contributed by atoms with van der Waals surface area (Å²) < 4.78 is 0. The summed E-state index contributed by atoms with van der Waals surface area (Å²) >= 11 is 0. The Hall–Kier alpha value is -1.69. The summed E-state index contributed by atoms with van der Waals surface area (Å²) in [4.78, 5) is 22.9. The van der Waals surface area contributed by atoms with Crippen LogP contribution in [0.15, 0.2) is 6.33 Å². The SMILES string of the molecule is CNC(=O)C1CCCN1c1ncnc2c1CNCC2. The van der Waals surface area contributed by atoms with Crippen molar-refractivity contribution in [2.24, 2.45) is 0 Å². The normalized spacial score (nSPS) is 22.2. The average Bonchev–Trinajstić information content (AvgIpc) is 2.95. The first-order chi connectivity index (χ1) is 9.31. The molecule has 2 aliphatic rings. The number of anilines is 1. The Balaban J connectivity index is 1.95. The lowest BCUT2D eigenvalue weighted by Crippen LogP contribution is -2.43. The molecule has 2 aliphatic heterocycles. The summed E-state index contributed by atoms with van der Waals surface area (Å²) in [6.07, 6.45) is 4.48. The molecule has 1 fully saturated rings. The first kappa shape index (κ1) is 12.3. The molecule has 1 aromatic rings. The minimum Gasteiger partial charge on any atom is -0.357 e. The Kier molecular flexibility index (Phi) is 3.33. The third-order valence-electron chi connectivity index (χ3n) is 3.93. The van der Waals surface area contributed by atoms with Crippen molar-refractivity contribution in [3.8, 4) is 0 Å². The minimum absolute atomic E-state index is 0.0774. The number of likely N-dealkylation sites (N-methyl/N-ethyl adjacent to an activating group) is 1. The molecule has 1 atom stereocenters. The third-order valence-corrected chi connectivity index (χ3v) is 3.93. The molecule has 0 radical (unpaired) electrons. The number of carbonyl (C=O) groups excluding carboxylic acids is 1. The topological polar surface area (TPSA) is 70.2 Å². The maximum atomic E-state index is 12.0. The molecule has 2 N–H and O–H groups in total. The first-order valence-corrected chi connectivity index (χ1v) is 6.83. The van der Waals surface area contributed by atoms with Crippen molar-refractivity contribution in [2.75, 3.05) is 25.0 Å². The molecule has 1 unspecified atom stereocenters. The fourth-order valence-electron chi connectivity index (χ4n) is 2.96. The van der Waals surface area contributed by atoms with Crippen molar-refractivity contribution in [3.05, 3.63) is 17.6 Å². The van der Waals surface area contributed by atoms with Gasteiger partial charge >= 0.3 is 0 Å². The van der Waals surface area contributed by atoms with Crippen LogP contribution in [0.25, 0.3) is 0 Å². The lowest BCUT2D eigenvalue weighted by molar-refractivity contribution is -0.121. The second-order valence-corrected chi connectivity index (χ2v) is 5.01. The highest BCUT2D eigenvalue weighted by atomic mass is 16.2. The second-order valence-electron chi connectivity index (χ2n) is 5.01. The number of hydrogen-bond donors (Lipinski definition) is 2. The van der Waals surface area contributed by atoms with E-state index in [0.717, 1.165) is 56.0 Å². The van der Waals surface area contributed by atoms with Gasteiger partial charge < -0.3 is 15.5 Å². The Morgan fingerprint density at radius 2 is 2.42 bits per heavy atom. The van der Waals surface area contributed by atoms with E-state index >= 15 is 0 Å².